The van der Waals surface area contributed by atoms with E-state index in [1.54, 1.807) is 24.5 Å². The van der Waals surface area contributed by atoms with Gasteiger partial charge in [0.25, 0.3) is 0 Å². The van der Waals surface area contributed by atoms with E-state index in [9.17, 15) is 9.59 Å². The number of fused-ring (bicyclic) bond motifs is 1. The van der Waals surface area contributed by atoms with Crippen LogP contribution < -0.4 is 5.32 Å². The Kier molecular flexibility index (Phi) is 4.97. The maximum Gasteiger partial charge on any atom is 0.321 e. The number of benzene rings is 1. The maximum atomic E-state index is 12.0. The number of anilines is 1. The third kappa shape index (κ3) is 3.94. The number of nitrogens with zero attached hydrogens (tertiary/aromatic N) is 2. The molecule has 0 radical (unpaired) electrons. The second-order valence-corrected chi connectivity index (χ2v) is 6.45. The van der Waals surface area contributed by atoms with Crippen LogP contribution in [0, 0.1) is 0 Å². The van der Waals surface area contributed by atoms with Gasteiger partial charge in [0.2, 0.25) is 0 Å². The first kappa shape index (κ1) is 16.2. The van der Waals surface area contributed by atoms with Gasteiger partial charge in [-0.05, 0) is 18.2 Å². The summed E-state index contributed by atoms with van der Waals surface area (Å²) in [6.07, 6.45) is -0.0739. The van der Waals surface area contributed by atoms with Gasteiger partial charge in [-0.25, -0.2) is 9.78 Å². The molecule has 0 aliphatic heterocycles. The number of carbonyl (C=O) groups excluding carboxylic acids is 1. The fourth-order valence-corrected chi connectivity index (χ4v) is 2.86. The summed E-state index contributed by atoms with van der Waals surface area (Å²) in [6.45, 7) is 4.36. The van der Waals surface area contributed by atoms with Gasteiger partial charge in [-0.2, -0.15) is 0 Å². The van der Waals surface area contributed by atoms with Gasteiger partial charge in [0, 0.05) is 25.2 Å². The SMILES string of the molecule is CC(C)c1nc2ccc(NC(=O)N(C)CCC(=O)O)cc2s1. The van der Waals surface area contributed by atoms with E-state index in [2.05, 4.69) is 24.1 Å². The molecule has 0 saturated carbocycles. The smallest absolute Gasteiger partial charge is 0.321 e. The monoisotopic (exact) mass is 321 g/mol. The van der Waals surface area contributed by atoms with E-state index in [4.69, 9.17) is 5.11 Å². The van der Waals surface area contributed by atoms with Crippen molar-refractivity contribution in [3.05, 3.63) is 23.2 Å². The van der Waals surface area contributed by atoms with Gasteiger partial charge in [0.15, 0.2) is 0 Å². The van der Waals surface area contributed by atoms with Crippen LogP contribution in [0.2, 0.25) is 0 Å². The van der Waals surface area contributed by atoms with E-state index in [0.717, 1.165) is 15.2 Å². The first-order valence-corrected chi connectivity index (χ1v) is 7.83. The second kappa shape index (κ2) is 6.74. The first-order chi connectivity index (χ1) is 10.4. The predicted octanol–water partition coefficient (Wildman–Crippen LogP) is 3.36. The van der Waals surface area contributed by atoms with Crippen LogP contribution in [0.15, 0.2) is 18.2 Å². The summed E-state index contributed by atoms with van der Waals surface area (Å²) in [5, 5.41) is 12.5. The average Bonchev–Trinajstić information content (AvgIpc) is 2.88. The average molecular weight is 321 g/mol. The van der Waals surface area contributed by atoms with Gasteiger partial charge in [0.05, 0.1) is 21.6 Å². The minimum absolute atomic E-state index is 0.0739. The number of carbonyl (C=O) groups is 2. The number of thiazole rings is 1. The molecule has 1 heterocycles. The topological polar surface area (TPSA) is 82.5 Å². The number of hydrogen-bond donors (Lipinski definition) is 2. The summed E-state index contributed by atoms with van der Waals surface area (Å²) in [4.78, 5) is 28.4. The highest BCUT2D eigenvalue weighted by Crippen LogP contribution is 2.29. The van der Waals surface area contributed by atoms with E-state index in [1.165, 1.54) is 4.90 Å². The molecule has 2 amide bonds. The van der Waals surface area contributed by atoms with Crippen LogP contribution in [0.4, 0.5) is 10.5 Å². The van der Waals surface area contributed by atoms with Crippen molar-refractivity contribution in [2.45, 2.75) is 26.2 Å². The zero-order chi connectivity index (χ0) is 16.3. The van der Waals surface area contributed by atoms with E-state index < -0.39 is 5.97 Å². The van der Waals surface area contributed by atoms with Crippen molar-refractivity contribution in [3.8, 4) is 0 Å². The Balaban J connectivity index is 2.07. The maximum absolute atomic E-state index is 12.0. The molecule has 0 saturated heterocycles. The molecule has 0 atom stereocenters. The van der Waals surface area contributed by atoms with Crippen LogP contribution in [0.1, 0.15) is 31.2 Å². The summed E-state index contributed by atoms with van der Waals surface area (Å²) < 4.78 is 1.02. The number of carboxylic acids is 1. The number of hydrogen-bond acceptors (Lipinski definition) is 4. The molecule has 0 fully saturated rings. The van der Waals surface area contributed by atoms with Crippen molar-refractivity contribution in [1.82, 2.24) is 9.88 Å². The van der Waals surface area contributed by atoms with Crippen molar-refractivity contribution in [3.63, 3.8) is 0 Å². The third-order valence-electron chi connectivity index (χ3n) is 3.16. The normalized spacial score (nSPS) is 10.9. The van der Waals surface area contributed by atoms with Crippen LogP contribution in [-0.4, -0.2) is 40.6 Å². The highest BCUT2D eigenvalue weighted by Gasteiger charge is 2.12. The standard InChI is InChI=1S/C15H19N3O3S/c1-9(2)14-17-11-5-4-10(8-12(11)22-14)16-15(21)18(3)7-6-13(19)20/h4-5,8-9H,6-7H2,1-3H3,(H,16,21)(H,19,20). The number of amides is 2. The van der Waals surface area contributed by atoms with E-state index >= 15 is 0 Å². The zero-order valence-corrected chi connectivity index (χ0v) is 13.6. The Morgan fingerprint density at radius 2 is 2.14 bits per heavy atom. The predicted molar refractivity (Wildman–Crippen MR) is 87.6 cm³/mol. The number of carboxylic acid groups (broad SMARTS) is 1. The third-order valence-corrected chi connectivity index (χ3v) is 4.48. The molecule has 0 aliphatic carbocycles. The molecule has 118 valence electrons. The Bertz CT molecular complexity index is 696. The quantitative estimate of drug-likeness (QED) is 0.884. The van der Waals surface area contributed by atoms with Crippen LogP contribution in [0.5, 0.6) is 0 Å². The van der Waals surface area contributed by atoms with Gasteiger partial charge >= 0.3 is 12.0 Å². The molecule has 7 heteroatoms. The zero-order valence-electron chi connectivity index (χ0n) is 12.8. The van der Waals surface area contributed by atoms with Crippen LogP contribution in [0.3, 0.4) is 0 Å². The van der Waals surface area contributed by atoms with E-state index in [0.29, 0.717) is 11.6 Å². The summed E-state index contributed by atoms with van der Waals surface area (Å²) in [7, 11) is 1.57. The lowest BCUT2D eigenvalue weighted by Crippen LogP contribution is -2.33. The molecule has 1 aromatic carbocycles. The second-order valence-electron chi connectivity index (χ2n) is 5.38. The van der Waals surface area contributed by atoms with Gasteiger partial charge in [0.1, 0.15) is 0 Å². The van der Waals surface area contributed by atoms with Crippen molar-refractivity contribution >= 4 is 39.2 Å². The van der Waals surface area contributed by atoms with Gasteiger partial charge in [-0.1, -0.05) is 13.8 Å². The molecule has 0 spiro atoms. The van der Waals surface area contributed by atoms with Crippen molar-refractivity contribution in [2.75, 3.05) is 18.9 Å². The number of nitrogens with one attached hydrogen (secondary N) is 1. The minimum Gasteiger partial charge on any atom is -0.481 e. The summed E-state index contributed by atoms with van der Waals surface area (Å²) >= 11 is 1.62. The molecule has 1 aromatic heterocycles. The highest BCUT2D eigenvalue weighted by molar-refractivity contribution is 7.18. The Labute approximate surface area is 132 Å². The number of aromatic nitrogens is 1. The van der Waals surface area contributed by atoms with Crippen LogP contribution >= 0.6 is 11.3 Å². The first-order valence-electron chi connectivity index (χ1n) is 7.01. The largest absolute Gasteiger partial charge is 0.481 e. The van der Waals surface area contributed by atoms with Crippen molar-refractivity contribution in [2.24, 2.45) is 0 Å². The summed E-state index contributed by atoms with van der Waals surface area (Å²) in [5.74, 6) is -0.551. The Hall–Kier alpha value is -2.15. The minimum atomic E-state index is -0.924. The van der Waals surface area contributed by atoms with Gasteiger partial charge < -0.3 is 15.3 Å². The lowest BCUT2D eigenvalue weighted by Gasteiger charge is -2.16. The molecule has 6 nitrogen and oxygen atoms in total. The highest BCUT2D eigenvalue weighted by atomic mass is 32.1. The molecule has 0 aliphatic rings. The number of rotatable bonds is 5. The van der Waals surface area contributed by atoms with Crippen LogP contribution in [-0.2, 0) is 4.79 Å². The molecule has 2 rings (SSSR count). The van der Waals surface area contributed by atoms with Crippen LogP contribution in [0.25, 0.3) is 10.2 Å². The molecule has 2 N–H and O–H groups in total. The van der Waals surface area contributed by atoms with E-state index in [1.807, 2.05) is 12.1 Å². The summed E-state index contributed by atoms with van der Waals surface area (Å²) in [5.41, 5.74) is 1.60. The molecule has 0 unspecified atom stereocenters. The van der Waals surface area contributed by atoms with Crippen molar-refractivity contribution < 1.29 is 14.7 Å². The summed E-state index contributed by atoms with van der Waals surface area (Å²) in [6, 6.07) is 5.25. The molecule has 0 bridgehead atoms. The van der Waals surface area contributed by atoms with Gasteiger partial charge in [-0.15, -0.1) is 11.3 Å². The lowest BCUT2D eigenvalue weighted by atomic mass is 10.2. The Morgan fingerprint density at radius 3 is 2.77 bits per heavy atom. The molecular weight excluding hydrogens is 302 g/mol. The number of urea groups is 1. The van der Waals surface area contributed by atoms with Crippen molar-refractivity contribution in [1.29, 1.82) is 0 Å². The fraction of sp³-hybridized carbons (Fsp3) is 0.400. The van der Waals surface area contributed by atoms with Gasteiger partial charge in [-0.3, -0.25) is 4.79 Å². The number of aliphatic carboxylic acids is 1. The molecule has 2 aromatic rings. The van der Waals surface area contributed by atoms with E-state index in [-0.39, 0.29) is 19.0 Å². The molecular formula is C15H19N3O3S. The lowest BCUT2D eigenvalue weighted by molar-refractivity contribution is -0.137. The Morgan fingerprint density at radius 1 is 1.41 bits per heavy atom. The molecule has 22 heavy (non-hydrogen) atoms. The fourth-order valence-electron chi connectivity index (χ4n) is 1.85.